The summed E-state index contributed by atoms with van der Waals surface area (Å²) in [5.41, 5.74) is 1.04. The second-order valence-electron chi connectivity index (χ2n) is 6.77. The predicted molar refractivity (Wildman–Crippen MR) is 121 cm³/mol. The highest BCUT2D eigenvalue weighted by atomic mass is 32.2. The smallest absolute Gasteiger partial charge is 0.413 e. The van der Waals surface area contributed by atoms with E-state index in [9.17, 15) is 14.4 Å². The van der Waals surface area contributed by atoms with Crippen molar-refractivity contribution in [2.75, 3.05) is 12.4 Å². The molecule has 33 heavy (non-hydrogen) atoms. The van der Waals surface area contributed by atoms with Crippen molar-refractivity contribution in [3.8, 4) is 11.6 Å². The second kappa shape index (κ2) is 10.1. The summed E-state index contributed by atoms with van der Waals surface area (Å²) in [5, 5.41) is 15.7. The molecule has 0 unspecified atom stereocenters. The highest BCUT2D eigenvalue weighted by Crippen LogP contribution is 2.26. The molecule has 4 aromatic rings. The van der Waals surface area contributed by atoms with Gasteiger partial charge in [-0.25, -0.2) is 9.48 Å². The van der Waals surface area contributed by atoms with Crippen molar-refractivity contribution in [2.24, 2.45) is 0 Å². The lowest BCUT2D eigenvalue weighted by Gasteiger charge is -2.09. The van der Waals surface area contributed by atoms with Crippen LogP contribution in [0.1, 0.15) is 12.5 Å². The van der Waals surface area contributed by atoms with E-state index in [1.54, 1.807) is 31.2 Å². The quantitative estimate of drug-likeness (QED) is 0.410. The van der Waals surface area contributed by atoms with Crippen molar-refractivity contribution in [1.29, 1.82) is 0 Å². The van der Waals surface area contributed by atoms with E-state index in [1.807, 2.05) is 30.3 Å². The summed E-state index contributed by atoms with van der Waals surface area (Å²) < 4.78 is 11.7. The molecule has 4 rings (SSSR count). The van der Waals surface area contributed by atoms with Gasteiger partial charge in [0, 0.05) is 5.39 Å². The SMILES string of the molecule is CCOC(=O)NC(=O)CSc1nnc(-c2nn(Cc3ccccc3)c(=O)c3ccccc23)o1. The number of carbonyl (C=O) groups excluding carboxylic acids is 2. The fourth-order valence-electron chi connectivity index (χ4n) is 3.06. The minimum absolute atomic E-state index is 0.112. The Hall–Kier alpha value is -3.99. The first-order chi connectivity index (χ1) is 16.0. The number of aromatic nitrogens is 4. The molecule has 168 valence electrons. The number of rotatable bonds is 7. The Balaban J connectivity index is 1.60. The number of nitrogens with one attached hydrogen (secondary N) is 1. The highest BCUT2D eigenvalue weighted by Gasteiger charge is 2.19. The largest absolute Gasteiger partial charge is 0.450 e. The molecule has 0 aliphatic rings. The molecule has 0 bridgehead atoms. The molecule has 0 fully saturated rings. The molecule has 0 radical (unpaired) electrons. The average molecular weight is 465 g/mol. The first-order valence-electron chi connectivity index (χ1n) is 10.0. The van der Waals surface area contributed by atoms with Gasteiger partial charge in [0.25, 0.3) is 16.7 Å². The van der Waals surface area contributed by atoms with Crippen LogP contribution in [0.15, 0.2) is 69.0 Å². The number of fused-ring (bicyclic) bond motifs is 1. The minimum Gasteiger partial charge on any atom is -0.450 e. The van der Waals surface area contributed by atoms with E-state index in [0.717, 1.165) is 17.3 Å². The van der Waals surface area contributed by atoms with Crippen molar-refractivity contribution in [2.45, 2.75) is 18.7 Å². The molecular weight excluding hydrogens is 446 g/mol. The molecule has 1 N–H and O–H groups in total. The zero-order valence-electron chi connectivity index (χ0n) is 17.6. The number of nitrogens with zero attached hydrogens (tertiary/aromatic N) is 4. The Bertz CT molecular complexity index is 1350. The minimum atomic E-state index is -0.814. The zero-order valence-corrected chi connectivity index (χ0v) is 18.4. The van der Waals surface area contributed by atoms with E-state index in [2.05, 4.69) is 25.3 Å². The Morgan fingerprint density at radius 2 is 1.79 bits per heavy atom. The van der Waals surface area contributed by atoms with E-state index >= 15 is 0 Å². The number of ether oxygens (including phenoxy) is 1. The van der Waals surface area contributed by atoms with Crippen LogP contribution in [0.3, 0.4) is 0 Å². The molecule has 2 amide bonds. The normalized spacial score (nSPS) is 10.8. The number of hydrogen-bond donors (Lipinski definition) is 1. The van der Waals surface area contributed by atoms with Gasteiger partial charge in [-0.05, 0) is 18.6 Å². The molecule has 0 saturated heterocycles. The molecule has 0 saturated carbocycles. The van der Waals surface area contributed by atoms with E-state index in [0.29, 0.717) is 16.5 Å². The first kappa shape index (κ1) is 22.2. The Kier molecular flexibility index (Phi) is 6.79. The van der Waals surface area contributed by atoms with E-state index in [4.69, 9.17) is 4.42 Å². The average Bonchev–Trinajstić information content (AvgIpc) is 3.29. The van der Waals surface area contributed by atoms with Crippen LogP contribution in [-0.2, 0) is 16.1 Å². The molecule has 0 spiro atoms. The van der Waals surface area contributed by atoms with Gasteiger partial charge in [0.1, 0.15) is 0 Å². The molecule has 0 aliphatic carbocycles. The number of benzene rings is 2. The van der Waals surface area contributed by atoms with Gasteiger partial charge >= 0.3 is 6.09 Å². The standard InChI is InChI=1S/C22H19N5O5S/c1-2-31-21(30)23-17(28)13-33-22-25-24-19(32-22)18-15-10-6-7-11-16(15)20(29)27(26-18)12-14-8-4-3-5-9-14/h3-11H,2,12-13H2,1H3,(H,23,28,30). The maximum absolute atomic E-state index is 13.0. The molecule has 2 aromatic carbocycles. The summed E-state index contributed by atoms with van der Waals surface area (Å²) in [6, 6.07) is 16.5. The second-order valence-corrected chi connectivity index (χ2v) is 7.70. The van der Waals surface area contributed by atoms with Gasteiger partial charge in [-0.1, -0.05) is 60.3 Å². The molecule has 0 atom stereocenters. The summed E-state index contributed by atoms with van der Waals surface area (Å²) in [6.07, 6.45) is -0.814. The number of amides is 2. The summed E-state index contributed by atoms with van der Waals surface area (Å²) in [7, 11) is 0. The summed E-state index contributed by atoms with van der Waals surface area (Å²) >= 11 is 0.963. The van der Waals surface area contributed by atoms with Crippen LogP contribution in [0.5, 0.6) is 0 Å². The van der Waals surface area contributed by atoms with E-state index < -0.39 is 12.0 Å². The lowest BCUT2D eigenvalue weighted by atomic mass is 10.1. The number of alkyl carbamates (subject to hydrolysis) is 1. The predicted octanol–water partition coefficient (Wildman–Crippen LogP) is 2.86. The van der Waals surface area contributed by atoms with Crippen LogP contribution in [0.4, 0.5) is 4.79 Å². The maximum atomic E-state index is 13.0. The Morgan fingerprint density at radius 3 is 2.55 bits per heavy atom. The van der Waals surface area contributed by atoms with Gasteiger partial charge in [-0.15, -0.1) is 10.2 Å². The fourth-order valence-corrected chi connectivity index (χ4v) is 3.63. The van der Waals surface area contributed by atoms with E-state index in [1.165, 1.54) is 4.68 Å². The van der Waals surface area contributed by atoms with Crippen molar-refractivity contribution in [1.82, 2.24) is 25.3 Å². The summed E-state index contributed by atoms with van der Waals surface area (Å²) in [5.74, 6) is -0.568. The van der Waals surface area contributed by atoms with E-state index in [-0.39, 0.29) is 35.6 Å². The molecule has 2 aromatic heterocycles. The first-order valence-corrected chi connectivity index (χ1v) is 11.0. The van der Waals surface area contributed by atoms with Crippen LogP contribution in [-0.4, -0.2) is 44.3 Å². The monoisotopic (exact) mass is 465 g/mol. The van der Waals surface area contributed by atoms with Crippen LogP contribution in [0, 0.1) is 0 Å². The molecule has 10 nitrogen and oxygen atoms in total. The van der Waals surface area contributed by atoms with Crippen molar-refractivity contribution < 1.29 is 18.7 Å². The third kappa shape index (κ3) is 5.26. The summed E-state index contributed by atoms with van der Waals surface area (Å²) in [4.78, 5) is 36.1. The molecule has 11 heteroatoms. The van der Waals surface area contributed by atoms with Crippen LogP contribution in [0.25, 0.3) is 22.4 Å². The zero-order chi connectivity index (χ0) is 23.2. The fraction of sp³-hybridized carbons (Fsp3) is 0.182. The van der Waals surface area contributed by atoms with Gasteiger partial charge in [-0.3, -0.25) is 14.9 Å². The van der Waals surface area contributed by atoms with Gasteiger partial charge in [0.05, 0.1) is 24.3 Å². The topological polar surface area (TPSA) is 129 Å². The number of thioether (sulfide) groups is 1. The lowest BCUT2D eigenvalue weighted by molar-refractivity contribution is -0.117. The molecule has 2 heterocycles. The van der Waals surface area contributed by atoms with Crippen LogP contribution in [0.2, 0.25) is 0 Å². The van der Waals surface area contributed by atoms with Gasteiger partial charge < -0.3 is 9.15 Å². The van der Waals surface area contributed by atoms with Crippen molar-refractivity contribution in [3.63, 3.8) is 0 Å². The van der Waals surface area contributed by atoms with Crippen LogP contribution >= 0.6 is 11.8 Å². The lowest BCUT2D eigenvalue weighted by Crippen LogP contribution is -2.32. The highest BCUT2D eigenvalue weighted by molar-refractivity contribution is 7.99. The Morgan fingerprint density at radius 1 is 1.06 bits per heavy atom. The number of hydrogen-bond acceptors (Lipinski definition) is 9. The molecule has 0 aliphatic heterocycles. The third-order valence-electron chi connectivity index (χ3n) is 4.50. The Labute approximate surface area is 192 Å². The van der Waals surface area contributed by atoms with Crippen molar-refractivity contribution in [3.05, 3.63) is 70.5 Å². The summed E-state index contributed by atoms with van der Waals surface area (Å²) in [6.45, 7) is 2.08. The maximum Gasteiger partial charge on any atom is 0.413 e. The molecular formula is C22H19N5O5S. The number of imide groups is 1. The number of carbonyl (C=O) groups is 2. The van der Waals surface area contributed by atoms with Crippen LogP contribution < -0.4 is 10.9 Å². The van der Waals surface area contributed by atoms with Gasteiger partial charge in [0.15, 0.2) is 5.69 Å². The van der Waals surface area contributed by atoms with Gasteiger partial charge in [-0.2, -0.15) is 5.10 Å². The third-order valence-corrected chi connectivity index (χ3v) is 5.31. The van der Waals surface area contributed by atoms with Crippen molar-refractivity contribution >= 4 is 34.5 Å². The van der Waals surface area contributed by atoms with Gasteiger partial charge in [0.2, 0.25) is 5.91 Å².